The summed E-state index contributed by atoms with van der Waals surface area (Å²) in [4.78, 5) is 36.4. The van der Waals surface area contributed by atoms with Crippen LogP contribution in [0, 0.1) is 0 Å². The van der Waals surface area contributed by atoms with Gasteiger partial charge in [0.05, 0.1) is 6.54 Å². The number of carbonyl (C=O) groups excluding carboxylic acids is 2. The van der Waals surface area contributed by atoms with Crippen molar-refractivity contribution in [1.82, 2.24) is 9.88 Å². The van der Waals surface area contributed by atoms with E-state index in [0.29, 0.717) is 17.0 Å². The first kappa shape index (κ1) is 17.8. The fourth-order valence-electron chi connectivity index (χ4n) is 2.77. The molecule has 3 aromatic rings. The third-order valence-corrected chi connectivity index (χ3v) is 4.41. The molecule has 4 rings (SSSR count). The number of carbonyl (C=O) groups is 2. The maximum Gasteiger partial charge on any atom is 0.291 e. The Morgan fingerprint density at radius 2 is 1.89 bits per heavy atom. The number of nitrogens with zero attached hydrogens (tertiary/aromatic N) is 1. The standard InChI is InChI=1S/C21H19N3O4/c25-19-6-1-2-11-24(19)13-17-9-10-18(28-17)21(27)23-16-5-3-4-14(12-16)20(26)22-15-7-8-15/h1-6,9-12,15H,7-8,13H2,(H,22,26)(H,23,27). The molecule has 0 aliphatic heterocycles. The van der Waals surface area contributed by atoms with E-state index >= 15 is 0 Å². The van der Waals surface area contributed by atoms with Crippen LogP contribution in [0.4, 0.5) is 5.69 Å². The van der Waals surface area contributed by atoms with Crippen LogP contribution < -0.4 is 16.2 Å². The van der Waals surface area contributed by atoms with E-state index < -0.39 is 5.91 Å². The lowest BCUT2D eigenvalue weighted by atomic mass is 10.2. The molecular formula is C21H19N3O4. The SMILES string of the molecule is O=C(NC1CC1)c1cccc(NC(=O)c2ccc(Cn3ccccc3=O)o2)c1. The molecule has 0 atom stereocenters. The molecule has 1 aliphatic carbocycles. The molecule has 1 aromatic carbocycles. The van der Waals surface area contributed by atoms with Crippen molar-refractivity contribution in [2.24, 2.45) is 0 Å². The van der Waals surface area contributed by atoms with Gasteiger partial charge in [0.25, 0.3) is 17.4 Å². The molecule has 142 valence electrons. The Morgan fingerprint density at radius 1 is 1.04 bits per heavy atom. The smallest absolute Gasteiger partial charge is 0.291 e. The molecule has 0 radical (unpaired) electrons. The highest BCUT2D eigenvalue weighted by Gasteiger charge is 2.24. The highest BCUT2D eigenvalue weighted by molar-refractivity contribution is 6.03. The predicted molar refractivity (Wildman–Crippen MR) is 103 cm³/mol. The van der Waals surface area contributed by atoms with Crippen LogP contribution in [0.25, 0.3) is 0 Å². The van der Waals surface area contributed by atoms with Gasteiger partial charge < -0.3 is 19.6 Å². The lowest BCUT2D eigenvalue weighted by Gasteiger charge is -2.07. The van der Waals surface area contributed by atoms with Gasteiger partial charge in [0.15, 0.2) is 5.76 Å². The zero-order valence-corrected chi connectivity index (χ0v) is 15.1. The molecule has 2 aromatic heterocycles. The van der Waals surface area contributed by atoms with Gasteiger partial charge in [-0.25, -0.2) is 0 Å². The Balaban J connectivity index is 1.43. The number of furan rings is 1. The number of benzene rings is 1. The van der Waals surface area contributed by atoms with E-state index in [4.69, 9.17) is 4.42 Å². The first-order chi connectivity index (χ1) is 13.6. The summed E-state index contributed by atoms with van der Waals surface area (Å²) >= 11 is 0. The van der Waals surface area contributed by atoms with E-state index in [1.54, 1.807) is 54.7 Å². The number of anilines is 1. The van der Waals surface area contributed by atoms with Crippen molar-refractivity contribution >= 4 is 17.5 Å². The number of nitrogens with one attached hydrogen (secondary N) is 2. The second-order valence-corrected chi connectivity index (χ2v) is 6.72. The minimum Gasteiger partial charge on any atom is -0.454 e. The fraction of sp³-hybridized carbons (Fsp3) is 0.190. The molecule has 1 fully saturated rings. The average Bonchev–Trinajstić information content (AvgIpc) is 3.38. The molecule has 1 aliphatic rings. The van der Waals surface area contributed by atoms with Crippen molar-refractivity contribution < 1.29 is 14.0 Å². The average molecular weight is 377 g/mol. The van der Waals surface area contributed by atoms with Crippen molar-refractivity contribution in [2.75, 3.05) is 5.32 Å². The van der Waals surface area contributed by atoms with Crippen molar-refractivity contribution in [3.05, 3.63) is 88.2 Å². The maximum atomic E-state index is 12.4. The van der Waals surface area contributed by atoms with E-state index in [0.717, 1.165) is 12.8 Å². The third kappa shape index (κ3) is 4.20. The van der Waals surface area contributed by atoms with Gasteiger partial charge in [-0.05, 0) is 49.2 Å². The summed E-state index contributed by atoms with van der Waals surface area (Å²) in [7, 11) is 0. The van der Waals surface area contributed by atoms with E-state index in [-0.39, 0.29) is 29.8 Å². The second kappa shape index (κ2) is 7.56. The largest absolute Gasteiger partial charge is 0.454 e. The van der Waals surface area contributed by atoms with E-state index in [9.17, 15) is 14.4 Å². The minimum atomic E-state index is -0.425. The van der Waals surface area contributed by atoms with Crippen LogP contribution in [0.15, 0.2) is 70.0 Å². The zero-order valence-electron chi connectivity index (χ0n) is 15.1. The Kier molecular flexibility index (Phi) is 4.80. The fourth-order valence-corrected chi connectivity index (χ4v) is 2.77. The summed E-state index contributed by atoms with van der Waals surface area (Å²) in [5, 5.41) is 5.65. The molecule has 1 saturated carbocycles. The normalized spacial score (nSPS) is 13.1. The Hall–Kier alpha value is -3.61. The number of rotatable bonds is 6. The molecule has 7 nitrogen and oxygen atoms in total. The summed E-state index contributed by atoms with van der Waals surface area (Å²) < 4.78 is 7.05. The van der Waals surface area contributed by atoms with Crippen LogP contribution in [0.2, 0.25) is 0 Å². The van der Waals surface area contributed by atoms with Gasteiger partial charge >= 0.3 is 0 Å². The summed E-state index contributed by atoms with van der Waals surface area (Å²) in [6, 6.07) is 15.1. The monoisotopic (exact) mass is 377 g/mol. The molecule has 0 saturated heterocycles. The molecule has 0 bridgehead atoms. The van der Waals surface area contributed by atoms with Gasteiger partial charge in [-0.2, -0.15) is 0 Å². The topological polar surface area (TPSA) is 93.3 Å². The number of aromatic nitrogens is 1. The van der Waals surface area contributed by atoms with Gasteiger partial charge in [-0.3, -0.25) is 14.4 Å². The van der Waals surface area contributed by atoms with Crippen LogP contribution in [-0.2, 0) is 6.54 Å². The molecule has 2 amide bonds. The van der Waals surface area contributed by atoms with Crippen molar-refractivity contribution in [2.45, 2.75) is 25.4 Å². The first-order valence-electron chi connectivity index (χ1n) is 9.05. The first-order valence-corrected chi connectivity index (χ1v) is 9.05. The summed E-state index contributed by atoms with van der Waals surface area (Å²) in [6.45, 7) is 0.240. The molecular weight excluding hydrogens is 358 g/mol. The third-order valence-electron chi connectivity index (χ3n) is 4.41. The molecule has 0 spiro atoms. The Labute approximate surface area is 161 Å². The van der Waals surface area contributed by atoms with E-state index in [2.05, 4.69) is 10.6 Å². The Morgan fingerprint density at radius 3 is 2.68 bits per heavy atom. The Bertz CT molecular complexity index is 1080. The summed E-state index contributed by atoms with van der Waals surface area (Å²) in [5.74, 6) is 0.0569. The van der Waals surface area contributed by atoms with Crippen molar-refractivity contribution in [3.63, 3.8) is 0 Å². The van der Waals surface area contributed by atoms with Gasteiger partial charge in [0.1, 0.15) is 5.76 Å². The molecule has 7 heteroatoms. The predicted octanol–water partition coefficient (Wildman–Crippen LogP) is 2.63. The van der Waals surface area contributed by atoms with E-state index in [1.165, 1.54) is 10.6 Å². The second-order valence-electron chi connectivity index (χ2n) is 6.72. The summed E-state index contributed by atoms with van der Waals surface area (Å²) in [6.07, 6.45) is 3.68. The molecule has 0 unspecified atom stereocenters. The van der Waals surface area contributed by atoms with Crippen molar-refractivity contribution in [3.8, 4) is 0 Å². The highest BCUT2D eigenvalue weighted by Crippen LogP contribution is 2.20. The summed E-state index contributed by atoms with van der Waals surface area (Å²) in [5.41, 5.74) is 0.852. The number of pyridine rings is 1. The van der Waals surface area contributed by atoms with Gasteiger partial charge in [-0.15, -0.1) is 0 Å². The maximum absolute atomic E-state index is 12.4. The van der Waals surface area contributed by atoms with Gasteiger partial charge in [-0.1, -0.05) is 12.1 Å². The lowest BCUT2D eigenvalue weighted by molar-refractivity contribution is 0.0949. The van der Waals surface area contributed by atoms with Crippen LogP contribution in [0.5, 0.6) is 0 Å². The van der Waals surface area contributed by atoms with Crippen LogP contribution in [-0.4, -0.2) is 22.4 Å². The van der Waals surface area contributed by atoms with Crippen molar-refractivity contribution in [1.29, 1.82) is 0 Å². The highest BCUT2D eigenvalue weighted by atomic mass is 16.4. The molecule has 28 heavy (non-hydrogen) atoms. The van der Waals surface area contributed by atoms with Crippen LogP contribution in [0.1, 0.15) is 39.5 Å². The minimum absolute atomic E-state index is 0.131. The molecule has 2 heterocycles. The van der Waals surface area contributed by atoms with E-state index in [1.807, 2.05) is 0 Å². The lowest BCUT2D eigenvalue weighted by Crippen LogP contribution is -2.25. The van der Waals surface area contributed by atoms with Gasteiger partial charge in [0.2, 0.25) is 0 Å². The number of hydrogen-bond donors (Lipinski definition) is 2. The van der Waals surface area contributed by atoms with Crippen LogP contribution in [0.3, 0.4) is 0 Å². The number of amides is 2. The van der Waals surface area contributed by atoms with Crippen LogP contribution >= 0.6 is 0 Å². The zero-order chi connectivity index (χ0) is 19.5. The quantitative estimate of drug-likeness (QED) is 0.691. The van der Waals surface area contributed by atoms with Gasteiger partial charge in [0, 0.05) is 29.6 Å². The molecule has 2 N–H and O–H groups in total. The number of hydrogen-bond acceptors (Lipinski definition) is 4.